The molecule has 0 aromatic carbocycles. The van der Waals surface area contributed by atoms with E-state index in [-0.39, 0.29) is 17.1 Å². The largest absolute Gasteiger partial charge is 0.477 e. The van der Waals surface area contributed by atoms with Crippen molar-refractivity contribution in [3.63, 3.8) is 0 Å². The lowest BCUT2D eigenvalue weighted by Gasteiger charge is -2.34. The third-order valence-corrected chi connectivity index (χ3v) is 5.32. The number of aromatic carboxylic acids is 1. The molecule has 21 heavy (non-hydrogen) atoms. The summed E-state index contributed by atoms with van der Waals surface area (Å²) in [6.45, 7) is 0.710. The van der Waals surface area contributed by atoms with Gasteiger partial charge in [0, 0.05) is 45.8 Å². The third-order valence-electron chi connectivity index (χ3n) is 3.54. The Kier molecular flexibility index (Phi) is 4.38. The lowest BCUT2D eigenvalue weighted by atomic mass is 9.95. The Morgan fingerprint density at radius 3 is 2.62 bits per heavy atom. The maximum absolute atomic E-state index is 12.4. The van der Waals surface area contributed by atoms with Gasteiger partial charge in [-0.15, -0.1) is 0 Å². The van der Waals surface area contributed by atoms with Crippen LogP contribution in [0, 0.1) is 0 Å². The number of ether oxygens (including phenoxy) is 1. The van der Waals surface area contributed by atoms with E-state index in [2.05, 4.69) is 4.98 Å². The molecule has 0 spiro atoms. The first-order chi connectivity index (χ1) is 9.74. The van der Waals surface area contributed by atoms with E-state index in [1.54, 1.807) is 0 Å². The Bertz CT molecular complexity index is 617. The van der Waals surface area contributed by atoms with Gasteiger partial charge in [0.15, 0.2) is 0 Å². The quantitative estimate of drug-likeness (QED) is 0.696. The highest BCUT2D eigenvalue weighted by Gasteiger charge is 2.35. The Balaban J connectivity index is 2.15. The summed E-state index contributed by atoms with van der Waals surface area (Å²) in [6, 6.07) is 1.06. The van der Waals surface area contributed by atoms with Crippen LogP contribution in [0.5, 0.6) is 0 Å². The summed E-state index contributed by atoms with van der Waals surface area (Å²) >= 11 is 0. The lowest BCUT2D eigenvalue weighted by Crippen LogP contribution is -2.47. The van der Waals surface area contributed by atoms with E-state index >= 15 is 0 Å². The van der Waals surface area contributed by atoms with Crippen LogP contribution in [0.15, 0.2) is 17.2 Å². The molecule has 0 amide bonds. The van der Waals surface area contributed by atoms with E-state index < -0.39 is 21.6 Å². The summed E-state index contributed by atoms with van der Waals surface area (Å²) in [5.41, 5.74) is -1.32. The average molecular weight is 318 g/mol. The molecule has 0 radical (unpaired) electrons. The molecule has 0 unspecified atom stereocenters. The van der Waals surface area contributed by atoms with Crippen molar-refractivity contribution in [2.24, 2.45) is 0 Å². The number of carboxylic acid groups (broad SMARTS) is 1. The second kappa shape index (κ2) is 5.76. The fraction of sp³-hybridized carbons (Fsp3) is 0.583. The molecule has 0 saturated carbocycles. The maximum Gasteiger partial charge on any atom is 0.352 e. The van der Waals surface area contributed by atoms with E-state index in [4.69, 9.17) is 9.84 Å². The highest BCUT2D eigenvalue weighted by atomic mass is 32.2. The van der Waals surface area contributed by atoms with Crippen LogP contribution in [0.2, 0.25) is 0 Å². The first kappa shape index (κ1) is 16.0. The molecular formula is C12H18N2O6S. The molecule has 9 heteroatoms. The zero-order chi connectivity index (χ0) is 15.7. The van der Waals surface area contributed by atoms with Gasteiger partial charge in [0.1, 0.15) is 10.6 Å². The molecule has 1 saturated heterocycles. The molecule has 118 valence electrons. The smallest absolute Gasteiger partial charge is 0.352 e. The Morgan fingerprint density at radius 1 is 1.48 bits per heavy atom. The van der Waals surface area contributed by atoms with Crippen molar-refractivity contribution in [3.05, 3.63) is 18.0 Å². The molecule has 1 fully saturated rings. The zero-order valence-corrected chi connectivity index (χ0v) is 12.4. The Hall–Kier alpha value is -1.42. The van der Waals surface area contributed by atoms with Crippen LogP contribution in [0.4, 0.5) is 0 Å². The van der Waals surface area contributed by atoms with Gasteiger partial charge in [-0.1, -0.05) is 0 Å². The number of nitrogens with zero attached hydrogens (tertiary/aromatic N) is 1. The molecule has 1 aliphatic rings. The molecule has 0 aliphatic carbocycles. The summed E-state index contributed by atoms with van der Waals surface area (Å²) in [5.74, 6) is -1.23. The number of nitrogens with one attached hydrogen (secondary N) is 1. The highest BCUT2D eigenvalue weighted by molar-refractivity contribution is 7.89. The van der Waals surface area contributed by atoms with E-state index in [0.29, 0.717) is 26.1 Å². The fourth-order valence-corrected chi connectivity index (χ4v) is 3.48. The van der Waals surface area contributed by atoms with Gasteiger partial charge in [0.25, 0.3) is 0 Å². The van der Waals surface area contributed by atoms with Crippen LogP contribution < -0.4 is 0 Å². The minimum Gasteiger partial charge on any atom is -0.477 e. The van der Waals surface area contributed by atoms with Crippen LogP contribution >= 0.6 is 0 Å². The van der Waals surface area contributed by atoms with Gasteiger partial charge in [-0.3, -0.25) is 0 Å². The van der Waals surface area contributed by atoms with Crippen LogP contribution in [-0.2, 0) is 14.8 Å². The van der Waals surface area contributed by atoms with Gasteiger partial charge in [-0.25, -0.2) is 13.2 Å². The zero-order valence-electron chi connectivity index (χ0n) is 11.6. The third kappa shape index (κ3) is 3.43. The summed E-state index contributed by atoms with van der Waals surface area (Å²) in [7, 11) is -2.49. The first-order valence-corrected chi connectivity index (χ1v) is 7.87. The van der Waals surface area contributed by atoms with E-state index in [1.807, 2.05) is 0 Å². The molecule has 0 bridgehead atoms. The minimum absolute atomic E-state index is 0.0632. The van der Waals surface area contributed by atoms with Gasteiger partial charge < -0.3 is 19.9 Å². The number of likely N-dealkylation sites (N-methyl/N-ethyl adjacent to an activating group) is 1. The van der Waals surface area contributed by atoms with Gasteiger partial charge in [-0.05, 0) is 6.07 Å². The predicted octanol–water partition coefficient (Wildman–Crippen LogP) is -0.125. The number of aromatic nitrogens is 1. The number of sulfonamides is 1. The molecule has 1 aromatic rings. The molecule has 0 atom stereocenters. The molecule has 8 nitrogen and oxygen atoms in total. The highest BCUT2D eigenvalue weighted by Crippen LogP contribution is 2.24. The maximum atomic E-state index is 12.4. The van der Waals surface area contributed by atoms with Crippen molar-refractivity contribution in [2.45, 2.75) is 23.3 Å². The fourth-order valence-electron chi connectivity index (χ4n) is 2.24. The number of carboxylic acids is 1. The second-order valence-corrected chi connectivity index (χ2v) is 7.20. The lowest BCUT2D eigenvalue weighted by molar-refractivity contribution is -0.0689. The number of H-pyrrole nitrogens is 1. The normalized spacial score (nSPS) is 18.8. The first-order valence-electron chi connectivity index (χ1n) is 6.43. The van der Waals surface area contributed by atoms with Crippen molar-refractivity contribution in [3.8, 4) is 0 Å². The van der Waals surface area contributed by atoms with E-state index in [1.165, 1.54) is 7.05 Å². The number of hydrogen-bond acceptors (Lipinski definition) is 5. The van der Waals surface area contributed by atoms with E-state index in [9.17, 15) is 18.3 Å². The second-order valence-electron chi connectivity index (χ2n) is 5.15. The average Bonchev–Trinajstić information content (AvgIpc) is 2.89. The molecule has 3 N–H and O–H groups in total. The molecule has 2 rings (SSSR count). The monoisotopic (exact) mass is 318 g/mol. The number of aromatic amines is 1. The number of aliphatic hydroxyl groups is 1. The minimum atomic E-state index is -3.85. The van der Waals surface area contributed by atoms with Crippen molar-refractivity contribution >= 4 is 16.0 Å². The van der Waals surface area contributed by atoms with E-state index in [0.717, 1.165) is 16.6 Å². The van der Waals surface area contributed by atoms with Crippen molar-refractivity contribution < 1.29 is 28.2 Å². The van der Waals surface area contributed by atoms with Crippen LogP contribution in [-0.4, -0.2) is 66.3 Å². The Morgan fingerprint density at radius 2 is 2.10 bits per heavy atom. The summed E-state index contributed by atoms with van der Waals surface area (Å²) < 4.78 is 30.9. The van der Waals surface area contributed by atoms with Crippen molar-refractivity contribution in [1.29, 1.82) is 0 Å². The summed E-state index contributed by atoms with van der Waals surface area (Å²) in [6.07, 6.45) is 1.85. The summed E-state index contributed by atoms with van der Waals surface area (Å²) in [4.78, 5) is 13.0. The van der Waals surface area contributed by atoms with Gasteiger partial charge >= 0.3 is 5.97 Å². The SMILES string of the molecule is CN(CC1(O)CCOCC1)S(=O)(=O)c1c[nH]c(C(=O)O)c1. The summed E-state index contributed by atoms with van der Waals surface area (Å²) in [5, 5.41) is 19.2. The molecule has 1 aromatic heterocycles. The van der Waals surface area contributed by atoms with Crippen LogP contribution in [0.25, 0.3) is 0 Å². The number of carbonyl (C=O) groups is 1. The van der Waals surface area contributed by atoms with Gasteiger partial charge in [-0.2, -0.15) is 4.31 Å². The van der Waals surface area contributed by atoms with Gasteiger partial charge in [0.05, 0.1) is 5.60 Å². The molecule has 2 heterocycles. The van der Waals surface area contributed by atoms with Crippen molar-refractivity contribution in [2.75, 3.05) is 26.8 Å². The number of rotatable bonds is 5. The topological polar surface area (TPSA) is 120 Å². The standard InChI is InChI=1S/C12H18N2O6S/c1-14(8-12(17)2-4-20-5-3-12)21(18,19)9-6-10(11(15)16)13-7-9/h6-7,13,17H,2-5,8H2,1H3,(H,15,16). The van der Waals surface area contributed by atoms with Crippen molar-refractivity contribution in [1.82, 2.24) is 9.29 Å². The molecular weight excluding hydrogens is 300 g/mol. The van der Waals surface area contributed by atoms with Crippen LogP contribution in [0.1, 0.15) is 23.3 Å². The van der Waals surface area contributed by atoms with Gasteiger partial charge in [0.2, 0.25) is 10.0 Å². The number of hydrogen-bond donors (Lipinski definition) is 3. The predicted molar refractivity (Wildman–Crippen MR) is 72.6 cm³/mol. The Labute approximate surface area is 122 Å². The molecule has 1 aliphatic heterocycles. The van der Waals surface area contributed by atoms with Crippen LogP contribution in [0.3, 0.4) is 0 Å².